The molecule has 0 radical (unpaired) electrons. The maximum absolute atomic E-state index is 14.5. The Hall–Kier alpha value is -1.40. The van der Waals surface area contributed by atoms with E-state index in [9.17, 15) is 24.9 Å². The fourth-order valence-electron chi connectivity index (χ4n) is 11.0. The van der Waals surface area contributed by atoms with Crippen molar-refractivity contribution in [1.29, 1.82) is 0 Å². The van der Waals surface area contributed by atoms with Gasteiger partial charge < -0.3 is 39.0 Å². The predicted molar refractivity (Wildman–Crippen MR) is 202 cm³/mol. The lowest BCUT2D eigenvalue weighted by Gasteiger charge is -2.53. The van der Waals surface area contributed by atoms with Crippen LogP contribution >= 0.6 is 0 Å². The van der Waals surface area contributed by atoms with E-state index in [1.54, 1.807) is 0 Å². The predicted octanol–water partition coefficient (Wildman–Crippen LogP) is 7.46. The van der Waals surface area contributed by atoms with Crippen molar-refractivity contribution < 1.29 is 48.6 Å². The molecule has 304 valence electrons. The highest BCUT2D eigenvalue weighted by molar-refractivity contribution is 5.84. The average molecular weight is 749 g/mol. The molecule has 5 rings (SSSR count). The van der Waals surface area contributed by atoms with Crippen LogP contribution in [0.15, 0.2) is 12.2 Å². The molecule has 3 N–H and O–H groups in total. The zero-order chi connectivity index (χ0) is 39.3. The number of carboxylic acids is 1. The number of ketones is 1. The summed E-state index contributed by atoms with van der Waals surface area (Å²) in [5.74, 6) is -4.68. The molecule has 2 spiro atoms. The first-order chi connectivity index (χ1) is 24.8. The maximum Gasteiger partial charge on any atom is 0.309 e. The second-order valence-corrected chi connectivity index (χ2v) is 18.4. The van der Waals surface area contributed by atoms with E-state index in [4.69, 9.17) is 23.7 Å². The molecule has 0 bridgehead atoms. The van der Waals surface area contributed by atoms with Gasteiger partial charge in [-0.25, -0.2) is 0 Å². The minimum atomic E-state index is -1.07. The van der Waals surface area contributed by atoms with Crippen LogP contribution in [0.3, 0.4) is 0 Å². The van der Waals surface area contributed by atoms with E-state index in [1.165, 1.54) is 0 Å². The lowest BCUT2D eigenvalue weighted by atomic mass is 9.72. The monoisotopic (exact) mass is 749 g/mol. The van der Waals surface area contributed by atoms with Crippen molar-refractivity contribution in [2.24, 2.45) is 47.3 Å². The largest absolute Gasteiger partial charge is 0.481 e. The fraction of sp³-hybridized carbons (Fsp3) is 0.907. The van der Waals surface area contributed by atoms with Crippen LogP contribution < -0.4 is 0 Å². The van der Waals surface area contributed by atoms with Gasteiger partial charge in [0, 0.05) is 36.5 Å². The number of carbonyl (C=O) groups is 2. The van der Waals surface area contributed by atoms with E-state index in [0.29, 0.717) is 44.9 Å². The van der Waals surface area contributed by atoms with Gasteiger partial charge in [-0.2, -0.15) is 0 Å². The van der Waals surface area contributed by atoms with E-state index in [1.807, 2.05) is 54.5 Å². The molecule has 0 saturated carbocycles. The van der Waals surface area contributed by atoms with Gasteiger partial charge in [-0.05, 0) is 89.0 Å². The summed E-state index contributed by atoms with van der Waals surface area (Å²) in [5, 5.41) is 32.7. The first-order valence-corrected chi connectivity index (χ1v) is 21.0. The van der Waals surface area contributed by atoms with Crippen LogP contribution in [0.2, 0.25) is 0 Å². The van der Waals surface area contributed by atoms with Gasteiger partial charge in [0.05, 0.1) is 53.7 Å². The van der Waals surface area contributed by atoms with Gasteiger partial charge in [-0.15, -0.1) is 0 Å². The Labute approximate surface area is 319 Å². The van der Waals surface area contributed by atoms with E-state index in [0.717, 1.165) is 19.3 Å². The Balaban J connectivity index is 1.29. The molecule has 0 aromatic heterocycles. The van der Waals surface area contributed by atoms with Crippen molar-refractivity contribution in [3.63, 3.8) is 0 Å². The molecule has 5 aliphatic rings. The van der Waals surface area contributed by atoms with Crippen LogP contribution in [0.4, 0.5) is 0 Å². The number of aliphatic hydroxyl groups excluding tert-OH is 1. The molecule has 10 nitrogen and oxygen atoms in total. The average Bonchev–Trinajstić information content (AvgIpc) is 3.44. The van der Waals surface area contributed by atoms with Crippen LogP contribution in [-0.4, -0.2) is 86.5 Å². The molecule has 5 heterocycles. The number of aliphatic carboxylic acids is 1. The van der Waals surface area contributed by atoms with E-state index >= 15 is 0 Å². The third-order valence-corrected chi connectivity index (χ3v) is 14.7. The minimum Gasteiger partial charge on any atom is -0.481 e. The summed E-state index contributed by atoms with van der Waals surface area (Å²) in [7, 11) is 0. The molecule has 4 fully saturated rings. The quantitative estimate of drug-likeness (QED) is 0.172. The molecular weight excluding hydrogens is 676 g/mol. The number of aliphatic hydroxyl groups is 2. The van der Waals surface area contributed by atoms with Crippen LogP contribution in [0, 0.1) is 47.3 Å². The van der Waals surface area contributed by atoms with Gasteiger partial charge in [0.2, 0.25) is 0 Å². The number of carboxylic acid groups (broad SMARTS) is 1. The molecule has 0 amide bonds. The van der Waals surface area contributed by atoms with Gasteiger partial charge in [0.15, 0.2) is 11.6 Å². The Morgan fingerprint density at radius 3 is 2.09 bits per heavy atom. The van der Waals surface area contributed by atoms with Crippen LogP contribution in [0.5, 0.6) is 0 Å². The van der Waals surface area contributed by atoms with Crippen LogP contribution in [0.25, 0.3) is 0 Å². The molecule has 0 aromatic carbocycles. The summed E-state index contributed by atoms with van der Waals surface area (Å²) < 4.78 is 34.0. The van der Waals surface area contributed by atoms with Gasteiger partial charge in [-0.1, -0.05) is 68.4 Å². The van der Waals surface area contributed by atoms with Crippen LogP contribution in [0.1, 0.15) is 140 Å². The Kier molecular flexibility index (Phi) is 13.1. The summed E-state index contributed by atoms with van der Waals surface area (Å²) in [4.78, 5) is 26.5. The topological polar surface area (TPSA) is 141 Å². The molecule has 53 heavy (non-hydrogen) atoms. The summed E-state index contributed by atoms with van der Waals surface area (Å²) in [6, 6.07) is 0. The third kappa shape index (κ3) is 8.08. The highest BCUT2D eigenvalue weighted by atomic mass is 16.8. The first kappa shape index (κ1) is 42.7. The van der Waals surface area contributed by atoms with Gasteiger partial charge in [-0.3, -0.25) is 9.59 Å². The Morgan fingerprint density at radius 1 is 0.849 bits per heavy atom. The third-order valence-electron chi connectivity index (χ3n) is 14.7. The van der Waals surface area contributed by atoms with E-state index < -0.39 is 64.8 Å². The minimum absolute atomic E-state index is 0.0109. The smallest absolute Gasteiger partial charge is 0.309 e. The molecule has 18 atom stereocenters. The normalized spacial score (nSPS) is 46.2. The second-order valence-electron chi connectivity index (χ2n) is 18.4. The zero-order valence-corrected chi connectivity index (χ0v) is 34.5. The van der Waals surface area contributed by atoms with Crippen molar-refractivity contribution in [2.75, 3.05) is 0 Å². The number of Topliss-reactive ketones (excluding diaryl/α,β-unsaturated/α-hetero) is 1. The van der Waals surface area contributed by atoms with Crippen LogP contribution in [-0.2, 0) is 33.3 Å². The Bertz CT molecular complexity index is 1320. The van der Waals surface area contributed by atoms with Crippen molar-refractivity contribution >= 4 is 11.8 Å². The molecular formula is C43H72O10. The second kappa shape index (κ2) is 16.2. The summed E-state index contributed by atoms with van der Waals surface area (Å²) in [6.07, 6.45) is 8.18. The number of rotatable bonds is 12. The fourth-order valence-corrected chi connectivity index (χ4v) is 11.0. The highest BCUT2D eigenvalue weighted by Crippen LogP contribution is 2.54. The number of carbonyl (C=O) groups excluding carboxylic acids is 1. The van der Waals surface area contributed by atoms with Gasteiger partial charge in [0.25, 0.3) is 0 Å². The van der Waals surface area contributed by atoms with Gasteiger partial charge in [0.1, 0.15) is 5.78 Å². The summed E-state index contributed by atoms with van der Waals surface area (Å²) >= 11 is 0. The summed E-state index contributed by atoms with van der Waals surface area (Å²) in [6.45, 7) is 22.1. The Morgan fingerprint density at radius 2 is 1.49 bits per heavy atom. The summed E-state index contributed by atoms with van der Waals surface area (Å²) in [5.41, 5.74) is -1.40. The standard InChI is InChI=1S/C43H72O10/c1-12-31(35(45)28(8)34(44)29(9)36-24(4)22-25(5)37(50-36)32(13-2)39(46)47)38-26(6)23-27(7)43(51-38)18-15-17-42(53-43)21-20-40(11,52-42)33-16-19-41(48,14-3)30(10)49-33/h15,18,24-34,36-38,44,48H,12-14,16-17,19-23H2,1-11H3,(H,46,47)/t24-,25-,26-,27+,28-,29-,30-,31-,32+,33+,34+,36+,37+,38?,40-,41+,42+,43+/m0/s1. The van der Waals surface area contributed by atoms with Crippen molar-refractivity contribution in [2.45, 2.75) is 200 Å². The van der Waals surface area contributed by atoms with E-state index in [2.05, 4.69) is 33.8 Å². The molecule has 5 aliphatic heterocycles. The first-order valence-electron chi connectivity index (χ1n) is 21.0. The van der Waals surface area contributed by atoms with Crippen molar-refractivity contribution in [3.8, 4) is 0 Å². The highest BCUT2D eigenvalue weighted by Gasteiger charge is 2.60. The lowest BCUT2D eigenvalue weighted by molar-refractivity contribution is -0.393. The molecule has 10 heteroatoms. The maximum atomic E-state index is 14.5. The number of ether oxygens (including phenoxy) is 5. The number of hydrogen-bond acceptors (Lipinski definition) is 9. The number of hydrogen-bond donors (Lipinski definition) is 3. The van der Waals surface area contributed by atoms with E-state index in [-0.39, 0.29) is 53.7 Å². The molecule has 4 saturated heterocycles. The molecule has 1 unspecified atom stereocenters. The SMILES string of the molecule is CC[C@@H](C(=O)[C@@H](C)[C@@H](O)[C@H](C)[C@@H]1O[C@@H]([C@@H](CC)C(=O)O)[C@@H](C)C[C@@H]1C)C1O[C@@]2(C=CC[C@]3(CC[C@@](C)([C@H]4CC[C@](O)(CC)[C@H](C)O4)O3)O2)[C@H](C)C[C@@H]1C. The molecule has 0 aromatic rings. The van der Waals surface area contributed by atoms with Crippen molar-refractivity contribution in [1.82, 2.24) is 0 Å². The molecule has 0 aliphatic carbocycles. The van der Waals surface area contributed by atoms with Crippen molar-refractivity contribution in [3.05, 3.63) is 12.2 Å². The zero-order valence-electron chi connectivity index (χ0n) is 34.5. The lowest BCUT2D eigenvalue weighted by Crippen LogP contribution is -2.60. The van der Waals surface area contributed by atoms with Gasteiger partial charge >= 0.3 is 5.97 Å².